The summed E-state index contributed by atoms with van der Waals surface area (Å²) in [5.41, 5.74) is -4.20. The molecular weight excluding hydrogens is 568 g/mol. The van der Waals surface area contributed by atoms with Crippen LogP contribution in [0.25, 0.3) is 5.76 Å². The van der Waals surface area contributed by atoms with Gasteiger partial charge in [-0.05, 0) is 23.8 Å². The molecule has 14 nitrogen and oxygen atoms in total. The monoisotopic (exact) mass is 596 g/mol. The largest absolute Gasteiger partial charge is 0.507 e. The van der Waals surface area contributed by atoms with Crippen LogP contribution < -0.4 is 18.9 Å². The molecule has 6 rings (SSSR count). The lowest BCUT2D eigenvalue weighted by atomic mass is 9.64. The first-order valence-corrected chi connectivity index (χ1v) is 13.1. The highest BCUT2D eigenvalue weighted by molar-refractivity contribution is 6.00. The molecule has 0 spiro atoms. The number of carbonyl (C=O) groups is 1. The summed E-state index contributed by atoms with van der Waals surface area (Å²) < 4.78 is 28.0. The molecule has 2 bridgehead atoms. The van der Waals surface area contributed by atoms with Gasteiger partial charge in [0.1, 0.15) is 47.0 Å². The molecule has 1 fully saturated rings. The summed E-state index contributed by atoms with van der Waals surface area (Å²) in [5, 5.41) is 66.3. The Bertz CT molecular complexity index is 1580. The van der Waals surface area contributed by atoms with Crippen LogP contribution in [0.4, 0.5) is 0 Å². The molecule has 0 radical (unpaired) electrons. The lowest BCUT2D eigenvalue weighted by molar-refractivity contribution is -0.337. The number of aromatic hydroxyl groups is 1. The highest BCUT2D eigenvalue weighted by Crippen LogP contribution is 2.52. The SMILES string of the molecule is COc1ccc(C2C=C(O)c3c(cc(OC4OC(C(=O)O)C5(O)C(C6=NC=NC6)C=CC4(O)C5O)c(OC)c3O)O2)cc1. The molecule has 3 aliphatic heterocycles. The fourth-order valence-electron chi connectivity index (χ4n) is 5.82. The first-order chi connectivity index (χ1) is 20.5. The van der Waals surface area contributed by atoms with Crippen molar-refractivity contribution in [1.82, 2.24) is 0 Å². The van der Waals surface area contributed by atoms with E-state index >= 15 is 0 Å². The Labute approximate surface area is 244 Å². The Morgan fingerprint density at radius 2 is 1.86 bits per heavy atom. The van der Waals surface area contributed by atoms with Crippen molar-refractivity contribution in [1.29, 1.82) is 0 Å². The number of hydrogen-bond acceptors (Lipinski definition) is 13. The van der Waals surface area contributed by atoms with Gasteiger partial charge in [-0.1, -0.05) is 18.2 Å². The van der Waals surface area contributed by atoms with Crippen LogP contribution in [0.2, 0.25) is 0 Å². The summed E-state index contributed by atoms with van der Waals surface area (Å²) in [5.74, 6) is -3.71. The average Bonchev–Trinajstić information content (AvgIpc) is 3.51. The highest BCUT2D eigenvalue weighted by Gasteiger charge is 2.69. The van der Waals surface area contributed by atoms with Gasteiger partial charge in [-0.15, -0.1) is 0 Å². The molecule has 7 atom stereocenters. The first kappa shape index (κ1) is 28.5. The van der Waals surface area contributed by atoms with Crippen molar-refractivity contribution in [3.63, 3.8) is 0 Å². The Kier molecular flexibility index (Phi) is 6.81. The van der Waals surface area contributed by atoms with Crippen molar-refractivity contribution in [2.45, 2.75) is 35.8 Å². The summed E-state index contributed by atoms with van der Waals surface area (Å²) in [6, 6.07) is 8.12. The van der Waals surface area contributed by atoms with E-state index in [1.807, 2.05) is 0 Å². The van der Waals surface area contributed by atoms with E-state index < -0.39 is 53.4 Å². The minimum absolute atomic E-state index is 0.0396. The average molecular weight is 597 g/mol. The number of phenols is 1. The maximum atomic E-state index is 12.3. The molecule has 2 aromatic rings. The predicted molar refractivity (Wildman–Crippen MR) is 148 cm³/mol. The van der Waals surface area contributed by atoms with Crippen molar-refractivity contribution in [3.05, 3.63) is 59.7 Å². The van der Waals surface area contributed by atoms with Crippen molar-refractivity contribution in [2.24, 2.45) is 15.9 Å². The minimum Gasteiger partial charge on any atom is -0.507 e. The standard InChI is InChI=1S/C29H28N2O12/c1-39-14-5-3-13(4-6-14)18-9-17(32)21-19(41-18)10-20(23(40-2)22(21)33)42-27-28(37)8-7-15(16-11-30-12-31-16)29(38,26(28)36)24(43-27)25(34)35/h3-10,12,15,18,24,26-27,32-33,36-38H,11H2,1-2H3,(H,34,35). The number of aliphatic carboxylic acids is 1. The number of ether oxygens (including phenoxy) is 5. The van der Waals surface area contributed by atoms with Gasteiger partial charge in [0, 0.05) is 12.1 Å². The normalized spacial score (nSPS) is 32.3. The van der Waals surface area contributed by atoms with Crippen molar-refractivity contribution < 1.29 is 59.1 Å². The number of methoxy groups -OCH3 is 2. The van der Waals surface area contributed by atoms with E-state index in [0.717, 1.165) is 6.08 Å². The third kappa shape index (κ3) is 4.29. The van der Waals surface area contributed by atoms with Gasteiger partial charge in [0.25, 0.3) is 0 Å². The molecule has 0 amide bonds. The number of carboxylic acid groups (broad SMARTS) is 1. The Balaban J connectivity index is 1.38. The molecule has 6 N–H and O–H groups in total. The molecule has 7 unspecified atom stereocenters. The van der Waals surface area contributed by atoms with E-state index in [1.165, 1.54) is 38.8 Å². The van der Waals surface area contributed by atoms with Crippen molar-refractivity contribution in [2.75, 3.05) is 20.8 Å². The number of phenolic OH excluding ortho intramolecular Hbond substituents is 1. The van der Waals surface area contributed by atoms with E-state index in [-0.39, 0.29) is 40.8 Å². The number of hydrogen-bond donors (Lipinski definition) is 6. The first-order valence-electron chi connectivity index (χ1n) is 13.1. The summed E-state index contributed by atoms with van der Waals surface area (Å²) >= 11 is 0. The summed E-state index contributed by atoms with van der Waals surface area (Å²) in [4.78, 5) is 20.3. The van der Waals surface area contributed by atoms with Gasteiger partial charge >= 0.3 is 5.97 Å². The van der Waals surface area contributed by atoms with Gasteiger partial charge in [0.15, 0.2) is 23.2 Å². The van der Waals surface area contributed by atoms with E-state index in [9.17, 15) is 35.4 Å². The minimum atomic E-state index is -2.55. The second-order valence-electron chi connectivity index (χ2n) is 10.4. The molecule has 1 aliphatic carbocycles. The lowest BCUT2D eigenvalue weighted by Gasteiger charge is -2.55. The molecule has 0 aromatic heterocycles. The number of nitrogens with zero attached hydrogens (tertiary/aromatic N) is 2. The van der Waals surface area contributed by atoms with Gasteiger partial charge in [-0.2, -0.15) is 0 Å². The Morgan fingerprint density at radius 1 is 1.12 bits per heavy atom. The van der Waals surface area contributed by atoms with E-state index in [2.05, 4.69) is 9.98 Å². The fraction of sp³-hybridized carbons (Fsp3) is 0.345. The van der Waals surface area contributed by atoms with Gasteiger partial charge in [-0.3, -0.25) is 4.99 Å². The molecule has 0 saturated carbocycles. The number of benzene rings is 2. The maximum absolute atomic E-state index is 12.3. The molecule has 43 heavy (non-hydrogen) atoms. The number of aliphatic imine (C=N–C) groups is 2. The maximum Gasteiger partial charge on any atom is 0.336 e. The van der Waals surface area contributed by atoms with Crippen LogP contribution >= 0.6 is 0 Å². The quantitative estimate of drug-likeness (QED) is 0.249. The van der Waals surface area contributed by atoms with Crippen LogP contribution in [0.15, 0.2) is 58.5 Å². The third-order valence-corrected chi connectivity index (χ3v) is 8.01. The zero-order valence-corrected chi connectivity index (χ0v) is 22.8. The molecule has 3 heterocycles. The Morgan fingerprint density at radius 3 is 2.49 bits per heavy atom. The van der Waals surface area contributed by atoms with E-state index in [0.29, 0.717) is 11.3 Å². The molecule has 14 heteroatoms. The van der Waals surface area contributed by atoms with Crippen LogP contribution in [0, 0.1) is 5.92 Å². The highest BCUT2D eigenvalue weighted by atomic mass is 16.7. The second-order valence-corrected chi connectivity index (χ2v) is 10.4. The van der Waals surface area contributed by atoms with Crippen molar-refractivity contribution in [3.8, 4) is 28.7 Å². The number of rotatable bonds is 7. The summed E-state index contributed by atoms with van der Waals surface area (Å²) in [6.45, 7) is 0.0547. The predicted octanol–water partition coefficient (Wildman–Crippen LogP) is 1.12. The van der Waals surface area contributed by atoms with Gasteiger partial charge in [0.2, 0.25) is 12.0 Å². The third-order valence-electron chi connectivity index (χ3n) is 8.01. The van der Waals surface area contributed by atoms with Crippen LogP contribution in [0.1, 0.15) is 17.2 Å². The van der Waals surface area contributed by atoms with E-state index in [4.69, 9.17) is 23.7 Å². The summed E-state index contributed by atoms with van der Waals surface area (Å²) in [6.07, 6.45) is -1.85. The van der Waals surface area contributed by atoms with Gasteiger partial charge < -0.3 is 54.3 Å². The number of carboxylic acids is 1. The molecule has 2 aromatic carbocycles. The number of fused-ring (bicyclic) bond motifs is 3. The van der Waals surface area contributed by atoms with Crippen LogP contribution in [-0.4, -0.2) is 99.1 Å². The summed E-state index contributed by atoms with van der Waals surface area (Å²) in [7, 11) is 2.73. The smallest absolute Gasteiger partial charge is 0.336 e. The fourth-order valence-corrected chi connectivity index (χ4v) is 5.82. The number of aliphatic hydroxyl groups excluding tert-OH is 2. The van der Waals surface area contributed by atoms with E-state index in [1.54, 1.807) is 24.3 Å². The Hall–Kier alpha value is -4.63. The lowest BCUT2D eigenvalue weighted by Crippen LogP contribution is -2.78. The second kappa shape index (κ2) is 10.3. The molecule has 4 aliphatic rings. The zero-order valence-electron chi connectivity index (χ0n) is 22.8. The molecular formula is C29H28N2O12. The zero-order chi connectivity index (χ0) is 30.7. The topological polar surface area (TPSA) is 209 Å². The van der Waals surface area contributed by atoms with Crippen molar-refractivity contribution >= 4 is 23.8 Å². The van der Waals surface area contributed by atoms with Gasteiger partial charge in [-0.25, -0.2) is 9.79 Å². The van der Waals surface area contributed by atoms with Gasteiger partial charge in [0.05, 0.1) is 32.4 Å². The van der Waals surface area contributed by atoms with Crippen LogP contribution in [0.3, 0.4) is 0 Å². The van der Waals surface area contributed by atoms with Crippen LogP contribution in [0.5, 0.6) is 28.7 Å². The van der Waals surface area contributed by atoms with Crippen LogP contribution in [-0.2, 0) is 9.53 Å². The molecule has 226 valence electrons. The number of aliphatic hydroxyl groups is 4. The molecule has 1 saturated heterocycles.